The van der Waals surface area contributed by atoms with Crippen molar-refractivity contribution in [1.29, 1.82) is 0 Å². The summed E-state index contributed by atoms with van der Waals surface area (Å²) in [6, 6.07) is 7.99. The van der Waals surface area contributed by atoms with Crippen LogP contribution in [-0.4, -0.2) is 51.1 Å². The van der Waals surface area contributed by atoms with Crippen LogP contribution in [0.5, 0.6) is 0 Å². The van der Waals surface area contributed by atoms with Crippen molar-refractivity contribution < 1.29 is 14.3 Å². The second-order valence-corrected chi connectivity index (χ2v) is 10.7. The molecule has 0 saturated heterocycles. The Morgan fingerprint density at radius 2 is 1.75 bits per heavy atom. The number of nitrogens with one attached hydrogen (secondary N) is 2. The quantitative estimate of drug-likeness (QED) is 0.229. The van der Waals surface area contributed by atoms with Crippen LogP contribution in [0.4, 0.5) is 22.2 Å². The first-order valence-electron chi connectivity index (χ1n) is 13.6. The normalized spacial score (nSPS) is 11.3. The predicted octanol–water partition coefficient (Wildman–Crippen LogP) is 3.70. The molecule has 12 heteroatoms. The summed E-state index contributed by atoms with van der Waals surface area (Å²) in [5, 5.41) is 5.78. The Bertz CT molecular complexity index is 1290. The van der Waals surface area contributed by atoms with Crippen LogP contribution in [0.2, 0.25) is 0 Å². The molecule has 216 valence electrons. The fourth-order valence-electron chi connectivity index (χ4n) is 4.03. The zero-order chi connectivity index (χ0) is 29.1. The second kappa shape index (κ2) is 14.2. The highest BCUT2D eigenvalue weighted by atomic mass is 16.6. The van der Waals surface area contributed by atoms with Crippen molar-refractivity contribution in [3.63, 3.8) is 0 Å². The third-order valence-electron chi connectivity index (χ3n) is 5.99. The fourth-order valence-corrected chi connectivity index (χ4v) is 4.03. The summed E-state index contributed by atoms with van der Waals surface area (Å²) in [6.07, 6.45) is 6.48. The van der Waals surface area contributed by atoms with Crippen LogP contribution in [-0.2, 0) is 22.6 Å². The van der Waals surface area contributed by atoms with Gasteiger partial charge < -0.3 is 31.7 Å². The van der Waals surface area contributed by atoms with Crippen molar-refractivity contribution in [3.8, 4) is 0 Å². The molecule has 0 bridgehead atoms. The zero-order valence-corrected chi connectivity index (χ0v) is 23.9. The molecule has 0 saturated carbocycles. The molecule has 3 aromatic rings. The van der Waals surface area contributed by atoms with E-state index in [0.29, 0.717) is 42.9 Å². The summed E-state index contributed by atoms with van der Waals surface area (Å²) in [6.45, 7) is 7.08. The summed E-state index contributed by atoms with van der Waals surface area (Å²) in [5.41, 5.74) is 14.6. The highest BCUT2D eigenvalue weighted by Gasteiger charge is 2.15. The maximum Gasteiger partial charge on any atom is 0.407 e. The lowest BCUT2D eigenvalue weighted by molar-refractivity contribution is -0.121. The van der Waals surface area contributed by atoms with Gasteiger partial charge in [-0.2, -0.15) is 9.97 Å². The Balaban J connectivity index is 1.35. The molecule has 0 spiro atoms. The average molecular weight is 552 g/mol. The molecule has 2 heterocycles. The molecule has 0 aliphatic carbocycles. The van der Waals surface area contributed by atoms with Crippen molar-refractivity contribution >= 4 is 40.6 Å². The molecule has 2 amide bonds. The minimum atomic E-state index is -0.485. The number of alkyl carbamates (subject to hydrolysis) is 1. The van der Waals surface area contributed by atoms with E-state index < -0.39 is 5.60 Å². The molecule has 0 unspecified atom stereocenters. The SMILES string of the molecule is CN(Cc1cnc2nc(N)nc(N)c2n1)c1cccc(CNC(=O)CCCCCCCNC(=O)OC(C)(C)C)c1. The first-order valence-corrected chi connectivity index (χ1v) is 13.6. The van der Waals surface area contributed by atoms with E-state index in [1.165, 1.54) is 0 Å². The van der Waals surface area contributed by atoms with Crippen LogP contribution >= 0.6 is 0 Å². The third kappa shape index (κ3) is 10.2. The number of nitrogens with zero attached hydrogens (tertiary/aromatic N) is 5. The number of aromatic nitrogens is 4. The molecule has 0 aliphatic heterocycles. The molecular weight excluding hydrogens is 510 g/mol. The number of fused-ring (bicyclic) bond motifs is 1. The summed E-state index contributed by atoms with van der Waals surface area (Å²) >= 11 is 0. The number of nitrogen functional groups attached to an aromatic ring is 2. The summed E-state index contributed by atoms with van der Waals surface area (Å²) in [7, 11) is 1.96. The van der Waals surface area contributed by atoms with Crippen LogP contribution in [0.3, 0.4) is 0 Å². The number of hydrogen-bond acceptors (Lipinski definition) is 10. The van der Waals surface area contributed by atoms with Gasteiger partial charge in [0.1, 0.15) is 5.60 Å². The van der Waals surface area contributed by atoms with Gasteiger partial charge in [0.05, 0.1) is 18.4 Å². The van der Waals surface area contributed by atoms with Gasteiger partial charge in [0.15, 0.2) is 17.0 Å². The number of benzene rings is 1. The van der Waals surface area contributed by atoms with Gasteiger partial charge in [0.25, 0.3) is 0 Å². The summed E-state index contributed by atoms with van der Waals surface area (Å²) in [4.78, 5) is 42.9. The lowest BCUT2D eigenvalue weighted by Gasteiger charge is -2.20. The van der Waals surface area contributed by atoms with Crippen molar-refractivity contribution in [2.75, 3.05) is 30.0 Å². The minimum Gasteiger partial charge on any atom is -0.444 e. The number of hydrogen-bond donors (Lipinski definition) is 4. The highest BCUT2D eigenvalue weighted by Crippen LogP contribution is 2.19. The largest absolute Gasteiger partial charge is 0.444 e. The van der Waals surface area contributed by atoms with Gasteiger partial charge in [-0.3, -0.25) is 4.79 Å². The Morgan fingerprint density at radius 1 is 1.00 bits per heavy atom. The van der Waals surface area contributed by atoms with Crippen LogP contribution in [0.25, 0.3) is 11.2 Å². The molecule has 40 heavy (non-hydrogen) atoms. The lowest BCUT2D eigenvalue weighted by atomic mass is 10.1. The average Bonchev–Trinajstić information content (AvgIpc) is 2.88. The van der Waals surface area contributed by atoms with E-state index in [1.54, 1.807) is 6.20 Å². The second-order valence-electron chi connectivity index (χ2n) is 10.7. The van der Waals surface area contributed by atoms with E-state index in [2.05, 4.69) is 30.6 Å². The highest BCUT2D eigenvalue weighted by molar-refractivity contribution is 5.81. The van der Waals surface area contributed by atoms with Crippen LogP contribution in [0.1, 0.15) is 70.6 Å². The van der Waals surface area contributed by atoms with E-state index >= 15 is 0 Å². The zero-order valence-electron chi connectivity index (χ0n) is 23.9. The Hall–Kier alpha value is -4.22. The molecule has 0 atom stereocenters. The third-order valence-corrected chi connectivity index (χ3v) is 5.99. The molecule has 2 aromatic heterocycles. The Morgan fingerprint density at radius 3 is 2.52 bits per heavy atom. The predicted molar refractivity (Wildman–Crippen MR) is 156 cm³/mol. The Labute approximate surface area is 235 Å². The summed E-state index contributed by atoms with van der Waals surface area (Å²) in [5.74, 6) is 0.302. The smallest absolute Gasteiger partial charge is 0.407 e. The van der Waals surface area contributed by atoms with Gasteiger partial charge in [0, 0.05) is 32.2 Å². The van der Waals surface area contributed by atoms with Crippen molar-refractivity contribution in [3.05, 3.63) is 41.7 Å². The van der Waals surface area contributed by atoms with Gasteiger partial charge >= 0.3 is 6.09 Å². The van der Waals surface area contributed by atoms with Crippen LogP contribution < -0.4 is 27.0 Å². The molecular formula is C28H41N9O3. The van der Waals surface area contributed by atoms with E-state index in [9.17, 15) is 9.59 Å². The number of carbonyl (C=O) groups excluding carboxylic acids is 2. The van der Waals surface area contributed by atoms with Gasteiger partial charge in [-0.05, 0) is 51.3 Å². The maximum atomic E-state index is 12.3. The molecule has 12 nitrogen and oxygen atoms in total. The number of anilines is 3. The molecule has 1 aromatic carbocycles. The van der Waals surface area contributed by atoms with E-state index in [-0.39, 0.29) is 23.8 Å². The number of unbranched alkanes of at least 4 members (excludes halogenated alkanes) is 4. The standard InChI is InChI=1S/C28H41N9O3/c1-28(2,3)40-27(39)31-14-9-7-5-6-8-13-22(38)32-16-19-11-10-12-21(15-19)37(4)18-20-17-33-25-23(34-20)24(29)35-26(30)36-25/h10-12,15,17H,5-9,13-14,16,18H2,1-4H3,(H,31,39)(H,32,38)(H4,29,30,33,35,36). The fraction of sp³-hybridized carbons (Fsp3) is 0.500. The van der Waals surface area contributed by atoms with E-state index in [1.807, 2.05) is 57.0 Å². The molecule has 0 radical (unpaired) electrons. The molecule has 0 fully saturated rings. The van der Waals surface area contributed by atoms with E-state index in [4.69, 9.17) is 16.2 Å². The van der Waals surface area contributed by atoms with Gasteiger partial charge in [-0.25, -0.2) is 14.8 Å². The molecule has 0 aliphatic rings. The maximum absolute atomic E-state index is 12.3. The Kier molecular flexibility index (Phi) is 10.8. The van der Waals surface area contributed by atoms with Gasteiger partial charge in [-0.1, -0.05) is 31.4 Å². The first kappa shape index (κ1) is 30.3. The van der Waals surface area contributed by atoms with Crippen molar-refractivity contribution in [2.45, 2.75) is 78.0 Å². The number of ether oxygens (including phenoxy) is 1. The number of amides is 2. The van der Waals surface area contributed by atoms with Gasteiger partial charge in [-0.15, -0.1) is 0 Å². The minimum absolute atomic E-state index is 0.0391. The lowest BCUT2D eigenvalue weighted by Crippen LogP contribution is -2.32. The summed E-state index contributed by atoms with van der Waals surface area (Å²) < 4.78 is 5.21. The molecule has 6 N–H and O–H groups in total. The number of rotatable bonds is 13. The van der Waals surface area contributed by atoms with Crippen LogP contribution in [0, 0.1) is 0 Å². The van der Waals surface area contributed by atoms with Crippen molar-refractivity contribution in [1.82, 2.24) is 30.6 Å². The van der Waals surface area contributed by atoms with Crippen LogP contribution in [0.15, 0.2) is 30.5 Å². The topological polar surface area (TPSA) is 174 Å². The van der Waals surface area contributed by atoms with Crippen molar-refractivity contribution in [2.24, 2.45) is 0 Å². The number of carbonyl (C=O) groups is 2. The molecule has 3 rings (SSSR count). The van der Waals surface area contributed by atoms with Gasteiger partial charge in [0.2, 0.25) is 11.9 Å². The first-order chi connectivity index (χ1) is 19.0. The number of nitrogens with two attached hydrogens (primary N) is 2. The monoisotopic (exact) mass is 551 g/mol. The van der Waals surface area contributed by atoms with E-state index in [0.717, 1.165) is 43.4 Å².